The Labute approximate surface area is 172 Å². The highest BCUT2D eigenvalue weighted by Crippen LogP contribution is 2.46. The number of piperidine rings is 1. The fourth-order valence-electron chi connectivity index (χ4n) is 5.64. The number of likely N-dealkylation sites (tertiary alicyclic amines) is 1. The molecule has 0 aliphatic carbocycles. The highest BCUT2D eigenvalue weighted by atomic mass is 16.2. The minimum Gasteiger partial charge on any atom is -0.323 e. The van der Waals surface area contributed by atoms with Gasteiger partial charge < -0.3 is 5.32 Å². The van der Waals surface area contributed by atoms with E-state index < -0.39 is 5.54 Å². The minimum absolute atomic E-state index is 0.00804. The smallest absolute Gasteiger partial charge is 0.323 e. The molecule has 0 aromatic rings. The second-order valence-electron chi connectivity index (χ2n) is 10.2. The van der Waals surface area contributed by atoms with Gasteiger partial charge in [-0.2, -0.15) is 0 Å². The molecule has 3 amide bonds. The van der Waals surface area contributed by atoms with E-state index in [1.807, 2.05) is 0 Å². The van der Waals surface area contributed by atoms with Crippen LogP contribution in [0.4, 0.5) is 4.79 Å². The fraction of sp³-hybridized carbons (Fsp3) is 0.913. The van der Waals surface area contributed by atoms with Gasteiger partial charge in [0.25, 0.3) is 5.91 Å². The second-order valence-corrected chi connectivity index (χ2v) is 10.2. The van der Waals surface area contributed by atoms with Crippen LogP contribution in [-0.4, -0.2) is 51.4 Å². The van der Waals surface area contributed by atoms with Gasteiger partial charge in [-0.15, -0.1) is 0 Å². The summed E-state index contributed by atoms with van der Waals surface area (Å²) in [4.78, 5) is 29.9. The van der Waals surface area contributed by atoms with Crippen LogP contribution >= 0.6 is 0 Å². The summed E-state index contributed by atoms with van der Waals surface area (Å²) in [6.07, 6.45) is 11.0. The highest BCUT2D eigenvalue weighted by Gasteiger charge is 2.60. The van der Waals surface area contributed by atoms with Gasteiger partial charge in [-0.05, 0) is 59.9 Å². The molecule has 0 aromatic heterocycles. The van der Waals surface area contributed by atoms with E-state index in [0.717, 1.165) is 19.4 Å². The van der Waals surface area contributed by atoms with Gasteiger partial charge in [0.15, 0.2) is 0 Å². The van der Waals surface area contributed by atoms with Gasteiger partial charge in [0.2, 0.25) is 0 Å². The molecular weight excluding hydrogens is 350 g/mol. The van der Waals surface area contributed by atoms with Crippen molar-refractivity contribution in [1.82, 2.24) is 15.1 Å². The maximum atomic E-state index is 13.3. The lowest BCUT2D eigenvalue weighted by Crippen LogP contribution is -2.69. The summed E-state index contributed by atoms with van der Waals surface area (Å²) in [5, 5.41) is 3.11. The first-order valence-electron chi connectivity index (χ1n) is 11.5. The molecule has 2 aliphatic rings. The van der Waals surface area contributed by atoms with E-state index in [4.69, 9.17) is 0 Å². The lowest BCUT2D eigenvalue weighted by atomic mass is 9.68. The van der Waals surface area contributed by atoms with Crippen molar-refractivity contribution in [2.24, 2.45) is 0 Å². The summed E-state index contributed by atoms with van der Waals surface area (Å²) >= 11 is 0. The van der Waals surface area contributed by atoms with Crippen LogP contribution in [0.25, 0.3) is 0 Å². The number of imide groups is 1. The first kappa shape index (κ1) is 23.2. The number of amides is 3. The third-order valence-corrected chi connectivity index (χ3v) is 6.65. The molecule has 2 aliphatic heterocycles. The molecule has 0 aromatic carbocycles. The Morgan fingerprint density at radius 2 is 1.32 bits per heavy atom. The highest BCUT2D eigenvalue weighted by molar-refractivity contribution is 6.07. The molecule has 0 unspecified atom stereocenters. The van der Waals surface area contributed by atoms with Crippen molar-refractivity contribution >= 4 is 11.9 Å². The van der Waals surface area contributed by atoms with Gasteiger partial charge in [0, 0.05) is 17.6 Å². The van der Waals surface area contributed by atoms with Crippen molar-refractivity contribution in [3.05, 3.63) is 0 Å². The number of carbonyl (C=O) groups excluding carboxylic acids is 2. The van der Waals surface area contributed by atoms with E-state index in [1.54, 1.807) is 0 Å². The predicted octanol–water partition coefficient (Wildman–Crippen LogP) is 5.09. The zero-order valence-corrected chi connectivity index (χ0v) is 19.2. The second kappa shape index (κ2) is 9.15. The minimum atomic E-state index is -0.741. The van der Waals surface area contributed by atoms with E-state index >= 15 is 0 Å². The number of unbranched alkanes of at least 4 members (excludes halogenated alkanes) is 6. The van der Waals surface area contributed by atoms with Gasteiger partial charge >= 0.3 is 6.03 Å². The number of rotatable bonds is 10. The summed E-state index contributed by atoms with van der Waals surface area (Å²) in [5.41, 5.74) is -1.00. The van der Waals surface area contributed by atoms with E-state index in [0.29, 0.717) is 19.4 Å². The molecule has 2 rings (SSSR count). The predicted molar refractivity (Wildman–Crippen MR) is 115 cm³/mol. The fourth-order valence-corrected chi connectivity index (χ4v) is 5.64. The SMILES string of the molecule is CCCCCCCCN1C(C)(C)CC2(CC1(C)C)NC(=O)N(CCCC)C2=O. The van der Waals surface area contributed by atoms with Crippen LogP contribution in [0.1, 0.15) is 106 Å². The molecule has 0 atom stereocenters. The van der Waals surface area contributed by atoms with E-state index in [9.17, 15) is 9.59 Å². The Morgan fingerprint density at radius 3 is 1.89 bits per heavy atom. The Balaban J connectivity index is 2.07. The normalized spacial score (nSPS) is 23.4. The topological polar surface area (TPSA) is 52.7 Å². The molecule has 5 heteroatoms. The third-order valence-electron chi connectivity index (χ3n) is 6.65. The van der Waals surface area contributed by atoms with E-state index in [1.165, 1.54) is 43.4 Å². The summed E-state index contributed by atoms with van der Waals surface area (Å²) in [6.45, 7) is 14.9. The zero-order chi connectivity index (χ0) is 21.0. The third kappa shape index (κ3) is 4.90. The van der Waals surface area contributed by atoms with Crippen LogP contribution in [0.15, 0.2) is 0 Å². The molecule has 1 spiro atoms. The van der Waals surface area contributed by atoms with Crippen molar-refractivity contribution in [3.63, 3.8) is 0 Å². The van der Waals surface area contributed by atoms with Gasteiger partial charge in [0.05, 0.1) is 0 Å². The van der Waals surface area contributed by atoms with Gasteiger partial charge in [0.1, 0.15) is 5.54 Å². The van der Waals surface area contributed by atoms with Crippen LogP contribution < -0.4 is 5.32 Å². The van der Waals surface area contributed by atoms with Gasteiger partial charge in [-0.1, -0.05) is 52.4 Å². The lowest BCUT2D eigenvalue weighted by molar-refractivity contribution is -0.141. The molecule has 5 nitrogen and oxygen atoms in total. The van der Waals surface area contributed by atoms with Crippen LogP contribution in [0.3, 0.4) is 0 Å². The molecule has 0 bridgehead atoms. The van der Waals surface area contributed by atoms with Crippen LogP contribution in [-0.2, 0) is 4.79 Å². The molecule has 2 saturated heterocycles. The number of urea groups is 1. The monoisotopic (exact) mass is 393 g/mol. The maximum absolute atomic E-state index is 13.3. The quantitative estimate of drug-likeness (QED) is 0.415. The average molecular weight is 394 g/mol. The van der Waals surface area contributed by atoms with Crippen molar-refractivity contribution in [2.75, 3.05) is 13.1 Å². The van der Waals surface area contributed by atoms with Gasteiger partial charge in [-0.3, -0.25) is 14.6 Å². The molecule has 2 fully saturated rings. The molecule has 28 heavy (non-hydrogen) atoms. The van der Waals surface area contributed by atoms with Crippen LogP contribution in [0.5, 0.6) is 0 Å². The number of nitrogens with one attached hydrogen (secondary N) is 1. The Kier molecular flexibility index (Phi) is 7.57. The van der Waals surface area contributed by atoms with E-state index in [2.05, 4.69) is 51.8 Å². The number of hydrogen-bond acceptors (Lipinski definition) is 3. The van der Waals surface area contributed by atoms with E-state index in [-0.39, 0.29) is 23.0 Å². The summed E-state index contributed by atoms with van der Waals surface area (Å²) in [7, 11) is 0. The largest absolute Gasteiger partial charge is 0.325 e. The molecule has 1 N–H and O–H groups in total. The van der Waals surface area contributed by atoms with Gasteiger partial charge in [-0.25, -0.2) is 4.79 Å². The number of nitrogens with zero attached hydrogens (tertiary/aromatic N) is 2. The van der Waals surface area contributed by atoms with Crippen LogP contribution in [0, 0.1) is 0 Å². The van der Waals surface area contributed by atoms with Crippen molar-refractivity contribution in [3.8, 4) is 0 Å². The van der Waals surface area contributed by atoms with Crippen LogP contribution in [0.2, 0.25) is 0 Å². The Bertz CT molecular complexity index is 538. The molecular formula is C23H43N3O2. The zero-order valence-electron chi connectivity index (χ0n) is 19.2. The number of carbonyl (C=O) groups is 2. The maximum Gasteiger partial charge on any atom is 0.325 e. The summed E-state index contributed by atoms with van der Waals surface area (Å²) < 4.78 is 0. The molecule has 162 valence electrons. The summed E-state index contributed by atoms with van der Waals surface area (Å²) in [5.74, 6) is -0.00804. The standard InChI is InChI=1S/C23H43N3O2/c1-7-9-11-12-13-14-16-26-21(3,4)17-23(18-22(26,5)6)19(27)25(15-10-8-2)20(28)24-23/h7-18H2,1-6H3,(H,24,28). The molecule has 0 saturated carbocycles. The Hall–Kier alpha value is -1.10. The number of hydrogen-bond donors (Lipinski definition) is 1. The van der Waals surface area contributed by atoms with Crippen molar-refractivity contribution in [1.29, 1.82) is 0 Å². The van der Waals surface area contributed by atoms with Crippen molar-refractivity contribution < 1.29 is 9.59 Å². The first-order valence-corrected chi connectivity index (χ1v) is 11.5. The van der Waals surface area contributed by atoms with Crippen molar-refractivity contribution in [2.45, 2.75) is 122 Å². The molecule has 0 radical (unpaired) electrons. The Morgan fingerprint density at radius 1 is 0.786 bits per heavy atom. The summed E-state index contributed by atoms with van der Waals surface area (Å²) in [6, 6.07) is -0.200. The first-order chi connectivity index (χ1) is 13.1. The molecule has 2 heterocycles. The lowest BCUT2D eigenvalue weighted by Gasteiger charge is -2.58. The average Bonchev–Trinajstić information content (AvgIpc) is 2.79.